The number of benzene rings is 1. The number of aromatic nitrogens is 2. The number of rotatable bonds is 6. The Labute approximate surface area is 151 Å². The highest BCUT2D eigenvalue weighted by atomic mass is 16.5. The van der Waals surface area contributed by atoms with Crippen LogP contribution in [0.4, 0.5) is 5.95 Å². The lowest BCUT2D eigenvalue weighted by Gasteiger charge is -2.16. The number of carbonyl (C=O) groups excluding carboxylic acids is 1. The van der Waals surface area contributed by atoms with E-state index in [1.165, 1.54) is 6.21 Å². The van der Waals surface area contributed by atoms with E-state index in [9.17, 15) is 9.90 Å². The largest absolute Gasteiger partial charge is 0.507 e. The smallest absolute Gasteiger partial charge is 0.278 e. The van der Waals surface area contributed by atoms with Crippen LogP contribution < -0.4 is 15.1 Å². The van der Waals surface area contributed by atoms with E-state index in [4.69, 9.17) is 4.74 Å². The summed E-state index contributed by atoms with van der Waals surface area (Å²) in [4.78, 5) is 22.7. The van der Waals surface area contributed by atoms with Crippen molar-refractivity contribution in [2.24, 2.45) is 5.10 Å². The average molecular weight is 355 g/mol. The number of aryl methyl sites for hydroxylation is 1. The fourth-order valence-electron chi connectivity index (χ4n) is 2.60. The van der Waals surface area contributed by atoms with E-state index in [1.54, 1.807) is 30.3 Å². The highest BCUT2D eigenvalue weighted by Gasteiger charge is 2.16. The summed E-state index contributed by atoms with van der Waals surface area (Å²) < 4.78 is 5.46. The molecular formula is C18H21N5O3. The van der Waals surface area contributed by atoms with E-state index >= 15 is 0 Å². The average Bonchev–Trinajstić information content (AvgIpc) is 3.16. The lowest BCUT2D eigenvalue weighted by atomic mass is 10.2. The van der Waals surface area contributed by atoms with Crippen LogP contribution in [0.2, 0.25) is 0 Å². The number of hydrogen-bond donors (Lipinski definition) is 2. The lowest BCUT2D eigenvalue weighted by molar-refractivity contribution is -0.123. The van der Waals surface area contributed by atoms with Crippen LogP contribution in [-0.4, -0.2) is 46.9 Å². The molecule has 1 amide bonds. The van der Waals surface area contributed by atoms with Crippen molar-refractivity contribution < 1.29 is 14.6 Å². The molecule has 1 aliphatic rings. The van der Waals surface area contributed by atoms with Gasteiger partial charge in [0.15, 0.2) is 6.61 Å². The molecule has 2 N–H and O–H groups in total. The normalized spacial score (nSPS) is 14.0. The minimum Gasteiger partial charge on any atom is -0.507 e. The van der Waals surface area contributed by atoms with Gasteiger partial charge in [0, 0.05) is 30.4 Å². The number of carbonyl (C=O) groups is 1. The summed E-state index contributed by atoms with van der Waals surface area (Å²) in [6.07, 6.45) is 3.63. The number of hydrogen-bond acceptors (Lipinski definition) is 7. The molecule has 0 bridgehead atoms. The molecular weight excluding hydrogens is 334 g/mol. The van der Waals surface area contributed by atoms with Crippen molar-refractivity contribution in [2.45, 2.75) is 19.8 Å². The van der Waals surface area contributed by atoms with Crippen LogP contribution in [0, 0.1) is 6.92 Å². The van der Waals surface area contributed by atoms with Crippen molar-refractivity contribution in [3.8, 4) is 11.6 Å². The van der Waals surface area contributed by atoms with Gasteiger partial charge in [0.2, 0.25) is 11.8 Å². The third kappa shape index (κ3) is 4.69. The highest BCUT2D eigenvalue weighted by Crippen LogP contribution is 2.19. The van der Waals surface area contributed by atoms with Gasteiger partial charge in [-0.25, -0.2) is 10.4 Å². The molecule has 1 fully saturated rings. The van der Waals surface area contributed by atoms with E-state index in [1.807, 2.05) is 6.92 Å². The van der Waals surface area contributed by atoms with Gasteiger partial charge in [-0.2, -0.15) is 10.1 Å². The molecule has 2 heterocycles. The number of aromatic hydroxyl groups is 1. The summed E-state index contributed by atoms with van der Waals surface area (Å²) >= 11 is 0. The second-order valence-electron chi connectivity index (χ2n) is 5.98. The zero-order valence-electron chi connectivity index (χ0n) is 14.6. The standard InChI is InChI=1S/C18H21N5O3/c1-13-10-17(21-18(20-13)23-8-4-5-9-23)26-12-16(25)22-19-11-14-6-2-3-7-15(14)24/h2-3,6-7,10-11,24H,4-5,8-9,12H2,1H3,(H,22,25). The van der Waals surface area contributed by atoms with Crippen molar-refractivity contribution in [2.75, 3.05) is 24.6 Å². The van der Waals surface area contributed by atoms with E-state index in [0.717, 1.165) is 31.6 Å². The predicted octanol–water partition coefficient (Wildman–Crippen LogP) is 1.62. The molecule has 1 saturated heterocycles. The van der Waals surface area contributed by atoms with Crippen molar-refractivity contribution in [1.82, 2.24) is 15.4 Å². The van der Waals surface area contributed by atoms with Crippen LogP contribution in [0.5, 0.6) is 11.6 Å². The summed E-state index contributed by atoms with van der Waals surface area (Å²) in [5, 5.41) is 13.4. The summed E-state index contributed by atoms with van der Waals surface area (Å²) in [5.41, 5.74) is 3.65. The van der Waals surface area contributed by atoms with Gasteiger partial charge in [-0.05, 0) is 31.9 Å². The highest BCUT2D eigenvalue weighted by molar-refractivity contribution is 5.85. The first kappa shape index (κ1) is 17.7. The molecule has 1 aromatic heterocycles. The first-order chi connectivity index (χ1) is 12.6. The maximum atomic E-state index is 11.9. The minimum atomic E-state index is -0.421. The maximum Gasteiger partial charge on any atom is 0.278 e. The molecule has 1 aromatic carbocycles. The topological polar surface area (TPSA) is 99.9 Å². The fraction of sp³-hybridized carbons (Fsp3) is 0.333. The van der Waals surface area contributed by atoms with Gasteiger partial charge in [0.25, 0.3) is 5.91 Å². The number of phenols is 1. The Morgan fingerprint density at radius 1 is 1.35 bits per heavy atom. The van der Waals surface area contributed by atoms with Gasteiger partial charge in [0.05, 0.1) is 6.21 Å². The number of para-hydroxylation sites is 1. The fourth-order valence-corrected chi connectivity index (χ4v) is 2.60. The van der Waals surface area contributed by atoms with Crippen LogP contribution in [0.1, 0.15) is 24.1 Å². The molecule has 136 valence electrons. The number of ether oxygens (including phenoxy) is 1. The van der Waals surface area contributed by atoms with Crippen LogP contribution in [-0.2, 0) is 4.79 Å². The SMILES string of the molecule is Cc1cc(OCC(=O)NN=Cc2ccccc2O)nc(N2CCCC2)n1. The minimum absolute atomic E-state index is 0.0904. The molecule has 0 spiro atoms. The van der Waals surface area contributed by atoms with Crippen LogP contribution >= 0.6 is 0 Å². The van der Waals surface area contributed by atoms with Crippen molar-refractivity contribution >= 4 is 18.1 Å². The first-order valence-electron chi connectivity index (χ1n) is 8.45. The van der Waals surface area contributed by atoms with E-state index < -0.39 is 5.91 Å². The summed E-state index contributed by atoms with van der Waals surface area (Å²) in [6, 6.07) is 8.39. The first-order valence-corrected chi connectivity index (χ1v) is 8.45. The van der Waals surface area contributed by atoms with Gasteiger partial charge in [-0.1, -0.05) is 12.1 Å². The third-order valence-electron chi connectivity index (χ3n) is 3.89. The molecule has 26 heavy (non-hydrogen) atoms. The molecule has 0 atom stereocenters. The van der Waals surface area contributed by atoms with E-state index in [-0.39, 0.29) is 12.4 Å². The number of phenolic OH excluding ortho intramolecular Hbond substituents is 1. The maximum absolute atomic E-state index is 11.9. The monoisotopic (exact) mass is 355 g/mol. The van der Waals surface area contributed by atoms with Gasteiger partial charge < -0.3 is 14.7 Å². The molecule has 0 radical (unpaired) electrons. The molecule has 1 aliphatic heterocycles. The van der Waals surface area contributed by atoms with Gasteiger partial charge in [0.1, 0.15) is 5.75 Å². The Hall–Kier alpha value is -3.16. The number of amides is 1. The zero-order valence-corrected chi connectivity index (χ0v) is 14.6. The van der Waals surface area contributed by atoms with Crippen molar-refractivity contribution in [1.29, 1.82) is 0 Å². The second kappa shape index (κ2) is 8.28. The van der Waals surface area contributed by atoms with Gasteiger partial charge >= 0.3 is 0 Å². The summed E-state index contributed by atoms with van der Waals surface area (Å²) in [6.45, 7) is 3.52. The summed E-state index contributed by atoms with van der Waals surface area (Å²) in [7, 11) is 0. The molecule has 8 heteroatoms. The molecule has 3 rings (SSSR count). The van der Waals surface area contributed by atoms with Gasteiger partial charge in [-0.15, -0.1) is 0 Å². The van der Waals surface area contributed by atoms with Gasteiger partial charge in [-0.3, -0.25) is 4.79 Å². The van der Waals surface area contributed by atoms with Crippen LogP contribution in [0.3, 0.4) is 0 Å². The number of hydrazone groups is 1. The van der Waals surface area contributed by atoms with Crippen LogP contribution in [0.25, 0.3) is 0 Å². The Morgan fingerprint density at radius 2 is 2.12 bits per heavy atom. The predicted molar refractivity (Wildman–Crippen MR) is 97.6 cm³/mol. The Kier molecular flexibility index (Phi) is 5.62. The number of nitrogens with one attached hydrogen (secondary N) is 1. The number of nitrogens with zero attached hydrogens (tertiary/aromatic N) is 4. The van der Waals surface area contributed by atoms with Crippen molar-refractivity contribution in [3.63, 3.8) is 0 Å². The second-order valence-corrected chi connectivity index (χ2v) is 5.98. The Morgan fingerprint density at radius 3 is 2.88 bits per heavy atom. The molecule has 0 unspecified atom stereocenters. The molecule has 2 aromatic rings. The zero-order chi connectivity index (χ0) is 18.4. The third-order valence-corrected chi connectivity index (χ3v) is 3.89. The molecule has 0 aliphatic carbocycles. The van der Waals surface area contributed by atoms with Crippen molar-refractivity contribution in [3.05, 3.63) is 41.6 Å². The quantitative estimate of drug-likeness (QED) is 0.603. The van der Waals surface area contributed by atoms with Crippen LogP contribution in [0.15, 0.2) is 35.4 Å². The molecule has 8 nitrogen and oxygen atoms in total. The Balaban J connectivity index is 1.53. The van der Waals surface area contributed by atoms with E-state index in [2.05, 4.69) is 25.4 Å². The summed E-state index contributed by atoms with van der Waals surface area (Å²) in [5.74, 6) is 0.665. The molecule has 0 saturated carbocycles. The number of anilines is 1. The Bertz CT molecular complexity index is 803. The van der Waals surface area contributed by atoms with E-state index in [0.29, 0.717) is 17.4 Å². The lowest BCUT2D eigenvalue weighted by Crippen LogP contribution is -2.25.